The highest BCUT2D eigenvalue weighted by Gasteiger charge is 2.32. The molecule has 6 heteroatoms. The number of allylic oxidation sites excluding steroid dienone is 1. The summed E-state index contributed by atoms with van der Waals surface area (Å²) in [6.45, 7) is 6.41. The lowest BCUT2D eigenvalue weighted by Gasteiger charge is -2.20. The number of thiophene rings is 1. The summed E-state index contributed by atoms with van der Waals surface area (Å²) >= 11 is 8.02. The summed E-state index contributed by atoms with van der Waals surface area (Å²) < 4.78 is 0. The minimum Gasteiger partial charge on any atom is -0.481 e. The fraction of sp³-hybridized carbons (Fsp3) is 0.400. The predicted octanol–water partition coefficient (Wildman–Crippen LogP) is 6.71. The van der Waals surface area contributed by atoms with Crippen molar-refractivity contribution in [1.82, 2.24) is 0 Å². The summed E-state index contributed by atoms with van der Waals surface area (Å²) in [6, 6.07) is 8.02. The number of fused-ring (bicyclic) bond motifs is 2. The molecule has 1 aromatic heterocycles. The molecule has 1 aromatic carbocycles. The summed E-state index contributed by atoms with van der Waals surface area (Å²) in [4.78, 5) is 14.3. The smallest absolute Gasteiger partial charge is 0.304 e. The third-order valence-electron chi connectivity index (χ3n) is 6.43. The van der Waals surface area contributed by atoms with E-state index < -0.39 is 5.97 Å². The molecule has 2 aliphatic rings. The van der Waals surface area contributed by atoms with E-state index in [1.165, 1.54) is 26.5 Å². The molecule has 2 aromatic rings. The van der Waals surface area contributed by atoms with E-state index in [2.05, 4.69) is 42.3 Å². The van der Waals surface area contributed by atoms with Crippen molar-refractivity contribution in [2.75, 3.05) is 0 Å². The Bertz CT molecular complexity index is 1100. The first-order chi connectivity index (χ1) is 14.8. The van der Waals surface area contributed by atoms with Gasteiger partial charge >= 0.3 is 5.97 Å². The van der Waals surface area contributed by atoms with Crippen molar-refractivity contribution in [3.8, 4) is 0 Å². The molecule has 0 amide bonds. The van der Waals surface area contributed by atoms with E-state index >= 15 is 0 Å². The normalized spacial score (nSPS) is 23.0. The molecule has 31 heavy (non-hydrogen) atoms. The second kappa shape index (κ2) is 9.09. The van der Waals surface area contributed by atoms with Crippen LogP contribution in [-0.4, -0.2) is 22.5 Å². The predicted molar refractivity (Wildman–Crippen MR) is 130 cm³/mol. The van der Waals surface area contributed by atoms with Gasteiger partial charge in [0.15, 0.2) is 0 Å². The first-order valence-corrected chi connectivity index (χ1v) is 11.9. The van der Waals surface area contributed by atoms with Gasteiger partial charge in [0.2, 0.25) is 0 Å². The first kappa shape index (κ1) is 22.0. The van der Waals surface area contributed by atoms with E-state index in [0.29, 0.717) is 0 Å². The molecule has 2 atom stereocenters. The van der Waals surface area contributed by atoms with Crippen LogP contribution >= 0.6 is 22.9 Å². The number of aliphatic carboxylic acids is 1. The average molecular weight is 455 g/mol. The Hall–Kier alpha value is -2.24. The van der Waals surface area contributed by atoms with Crippen LogP contribution in [0.2, 0.25) is 5.02 Å². The maximum Gasteiger partial charge on any atom is 0.304 e. The minimum atomic E-state index is -0.779. The largest absolute Gasteiger partial charge is 0.481 e. The highest BCUT2D eigenvalue weighted by Crippen LogP contribution is 2.39. The maximum absolute atomic E-state index is 11.6. The molecule has 162 valence electrons. The molecular formula is C25H27ClN2O2S. The van der Waals surface area contributed by atoms with E-state index in [9.17, 15) is 9.90 Å². The van der Waals surface area contributed by atoms with Gasteiger partial charge in [-0.25, -0.2) is 0 Å². The number of carbonyl (C=O) groups is 1. The van der Waals surface area contributed by atoms with Crippen LogP contribution in [0.4, 0.5) is 0 Å². The zero-order chi connectivity index (χ0) is 22.1. The van der Waals surface area contributed by atoms with Crippen LogP contribution in [0, 0.1) is 25.7 Å². The van der Waals surface area contributed by atoms with Gasteiger partial charge in [-0.15, -0.1) is 11.3 Å². The number of hydrogen-bond donors (Lipinski definition) is 1. The Labute approximate surface area is 192 Å². The fourth-order valence-electron chi connectivity index (χ4n) is 4.70. The summed E-state index contributed by atoms with van der Waals surface area (Å²) in [7, 11) is 0. The highest BCUT2D eigenvalue weighted by atomic mass is 35.5. The zero-order valence-electron chi connectivity index (χ0n) is 18.1. The molecule has 1 N–H and O–H groups in total. The third-order valence-corrected chi connectivity index (χ3v) is 7.95. The topological polar surface area (TPSA) is 62.0 Å². The molecule has 1 unspecified atom stereocenters. The standard InChI is InChI=1S/C25H27ClN2O2S/c1-14-16(3)31-22-12-11-20-15(2)27-28-25(20)18(13-23(29)30)5-4-6-21(24(14)22)17-7-9-19(26)10-8-17/h6-10,18,20H,4-5,11-13H2,1-3H3,(H,29,30)/b21-6-/t18-,20?/m1/s1. The zero-order valence-corrected chi connectivity index (χ0v) is 19.7. The van der Waals surface area contributed by atoms with Gasteiger partial charge in [-0.1, -0.05) is 29.8 Å². The van der Waals surface area contributed by atoms with Gasteiger partial charge in [0.25, 0.3) is 0 Å². The van der Waals surface area contributed by atoms with Gasteiger partial charge in [0.1, 0.15) is 0 Å². The molecule has 0 saturated carbocycles. The van der Waals surface area contributed by atoms with E-state index in [-0.39, 0.29) is 18.3 Å². The van der Waals surface area contributed by atoms with Crippen molar-refractivity contribution in [2.24, 2.45) is 22.0 Å². The van der Waals surface area contributed by atoms with Crippen LogP contribution in [0.25, 0.3) is 5.57 Å². The molecule has 0 bridgehead atoms. The van der Waals surface area contributed by atoms with Crippen LogP contribution < -0.4 is 0 Å². The fourth-order valence-corrected chi connectivity index (χ4v) is 6.04. The number of halogens is 1. The average Bonchev–Trinajstić information content (AvgIpc) is 3.22. The van der Waals surface area contributed by atoms with Gasteiger partial charge in [-0.05, 0) is 80.9 Å². The number of nitrogens with zero attached hydrogens (tertiary/aromatic N) is 2. The van der Waals surface area contributed by atoms with Crippen LogP contribution in [0.5, 0.6) is 0 Å². The maximum atomic E-state index is 11.6. The Morgan fingerprint density at radius 3 is 2.61 bits per heavy atom. The second-order valence-electron chi connectivity index (χ2n) is 8.44. The van der Waals surface area contributed by atoms with Gasteiger partial charge in [0, 0.05) is 32.3 Å². The Morgan fingerprint density at radius 2 is 1.90 bits per heavy atom. The van der Waals surface area contributed by atoms with E-state index in [0.717, 1.165) is 47.7 Å². The van der Waals surface area contributed by atoms with E-state index in [1.54, 1.807) is 0 Å². The van der Waals surface area contributed by atoms with Crippen LogP contribution in [-0.2, 0) is 11.2 Å². The van der Waals surface area contributed by atoms with Gasteiger partial charge in [-0.3, -0.25) is 4.79 Å². The quantitative estimate of drug-likeness (QED) is 0.559. The molecule has 0 spiro atoms. The minimum absolute atomic E-state index is 0.0922. The van der Waals surface area contributed by atoms with Gasteiger partial charge in [0.05, 0.1) is 12.1 Å². The molecule has 4 nitrogen and oxygen atoms in total. The lowest BCUT2D eigenvalue weighted by atomic mass is 9.82. The molecule has 1 aliphatic heterocycles. The van der Waals surface area contributed by atoms with Crippen molar-refractivity contribution in [1.29, 1.82) is 0 Å². The van der Waals surface area contributed by atoms with Crippen LogP contribution in [0.15, 0.2) is 40.5 Å². The Kier molecular flexibility index (Phi) is 6.44. The number of hydrogen-bond acceptors (Lipinski definition) is 4. The van der Waals surface area contributed by atoms with Crippen molar-refractivity contribution in [3.63, 3.8) is 0 Å². The van der Waals surface area contributed by atoms with E-state index in [1.807, 2.05) is 30.4 Å². The molecule has 1 aliphatic carbocycles. The molecule has 2 heterocycles. The van der Waals surface area contributed by atoms with Crippen molar-refractivity contribution in [3.05, 3.63) is 61.8 Å². The van der Waals surface area contributed by atoms with Crippen molar-refractivity contribution < 1.29 is 9.90 Å². The lowest BCUT2D eigenvalue weighted by Crippen LogP contribution is -2.28. The third kappa shape index (κ3) is 4.53. The lowest BCUT2D eigenvalue weighted by molar-refractivity contribution is -0.137. The number of carboxylic acids is 1. The monoisotopic (exact) mass is 454 g/mol. The molecule has 4 rings (SSSR count). The SMILES string of the molecule is CC1=NN=C2C1CCc1sc(C)c(C)c1/C(c1ccc(Cl)cc1)=C\CC[C@@H]2CC(=O)O. The number of aryl methyl sites for hydroxylation is 2. The second-order valence-corrected chi connectivity index (χ2v) is 10.2. The van der Waals surface area contributed by atoms with Crippen LogP contribution in [0.3, 0.4) is 0 Å². The van der Waals surface area contributed by atoms with Crippen LogP contribution in [0.1, 0.15) is 59.1 Å². The van der Waals surface area contributed by atoms with Crippen molar-refractivity contribution >= 4 is 45.9 Å². The molecule has 0 saturated heterocycles. The molecular weight excluding hydrogens is 428 g/mol. The summed E-state index contributed by atoms with van der Waals surface area (Å²) in [5, 5.41) is 19.0. The van der Waals surface area contributed by atoms with Crippen molar-refractivity contribution in [2.45, 2.75) is 52.9 Å². The number of benzene rings is 1. The van der Waals surface area contributed by atoms with Gasteiger partial charge in [-0.2, -0.15) is 10.2 Å². The number of carboxylic acid groups (broad SMARTS) is 1. The summed E-state index contributed by atoms with van der Waals surface area (Å²) in [5.74, 6) is -0.735. The molecule has 0 radical (unpaired) electrons. The Morgan fingerprint density at radius 1 is 1.16 bits per heavy atom. The van der Waals surface area contributed by atoms with Gasteiger partial charge < -0.3 is 5.11 Å². The van der Waals surface area contributed by atoms with E-state index in [4.69, 9.17) is 11.6 Å². The highest BCUT2D eigenvalue weighted by molar-refractivity contribution is 7.12. The molecule has 0 fully saturated rings. The number of rotatable bonds is 3. The Balaban J connectivity index is 1.80. The summed E-state index contributed by atoms with van der Waals surface area (Å²) in [6.07, 6.45) is 5.75. The first-order valence-electron chi connectivity index (χ1n) is 10.7. The summed E-state index contributed by atoms with van der Waals surface area (Å²) in [5.41, 5.74) is 6.98.